The van der Waals surface area contributed by atoms with E-state index in [1.54, 1.807) is 0 Å². The molecule has 9 rings (SSSR count). The van der Waals surface area contributed by atoms with Crippen molar-refractivity contribution in [3.63, 3.8) is 0 Å². The van der Waals surface area contributed by atoms with Crippen LogP contribution < -0.4 is 0 Å². The fourth-order valence-electron chi connectivity index (χ4n) is 7.23. The van der Waals surface area contributed by atoms with Crippen LogP contribution in [-0.4, -0.2) is 0 Å². The molecular weight excluding hydrogens is 516 g/mol. The van der Waals surface area contributed by atoms with E-state index in [4.69, 9.17) is 0 Å². The van der Waals surface area contributed by atoms with Crippen molar-refractivity contribution in [2.24, 2.45) is 0 Å². The topological polar surface area (TPSA) is 0 Å². The molecule has 0 amide bonds. The van der Waals surface area contributed by atoms with Crippen LogP contribution in [0.15, 0.2) is 152 Å². The summed E-state index contributed by atoms with van der Waals surface area (Å²) in [6.45, 7) is 2.20. The molecule has 0 unspecified atom stereocenters. The minimum Gasteiger partial charge on any atom is -0.0622 e. The zero-order valence-corrected chi connectivity index (χ0v) is 23.9. The van der Waals surface area contributed by atoms with Crippen LogP contribution in [-0.2, 0) is 0 Å². The van der Waals surface area contributed by atoms with Gasteiger partial charge in [-0.2, -0.15) is 0 Å². The highest BCUT2D eigenvalue weighted by Gasteiger charge is 2.23. The lowest BCUT2D eigenvalue weighted by Crippen LogP contribution is -1.90. The smallest absolute Gasteiger partial charge is 0.00199 e. The summed E-state index contributed by atoms with van der Waals surface area (Å²) < 4.78 is 0. The zero-order valence-electron chi connectivity index (χ0n) is 23.9. The minimum atomic E-state index is 1.23. The van der Waals surface area contributed by atoms with Gasteiger partial charge in [0.1, 0.15) is 0 Å². The maximum absolute atomic E-state index is 2.46. The van der Waals surface area contributed by atoms with Gasteiger partial charge in [-0.3, -0.25) is 0 Å². The first kappa shape index (κ1) is 24.2. The first-order chi connectivity index (χ1) is 21.2. The molecule has 0 atom stereocenters. The van der Waals surface area contributed by atoms with Crippen molar-refractivity contribution in [3.05, 3.63) is 157 Å². The molecule has 8 aromatic rings. The summed E-state index contributed by atoms with van der Waals surface area (Å²) in [7, 11) is 0. The van der Waals surface area contributed by atoms with Gasteiger partial charge in [-0.1, -0.05) is 127 Å². The van der Waals surface area contributed by atoms with E-state index >= 15 is 0 Å². The zero-order chi connectivity index (χ0) is 28.5. The molecule has 200 valence electrons. The van der Waals surface area contributed by atoms with Gasteiger partial charge in [-0.05, 0) is 125 Å². The van der Waals surface area contributed by atoms with Gasteiger partial charge in [-0.15, -0.1) is 0 Å². The molecule has 1 aliphatic rings. The Morgan fingerprint density at radius 1 is 0.279 bits per heavy atom. The Labute approximate surface area is 251 Å². The van der Waals surface area contributed by atoms with Crippen molar-refractivity contribution < 1.29 is 0 Å². The van der Waals surface area contributed by atoms with Crippen molar-refractivity contribution >= 4 is 32.3 Å². The highest BCUT2D eigenvalue weighted by atomic mass is 14.3. The standard InChI is InChI=1S/C43H28/c1-27-19-20-35-39(21-27)38(32-23-30(28-11-4-2-5-12-28)22-31(24-32)29-13-6-3-7-14-29)25-41-37-18-10-17-36-33-15-8-9-16-34(33)42(43(36)37)26-40(35)41/h2-26H,1H3. The normalized spacial score (nSPS) is 11.8. The fraction of sp³-hybridized carbons (Fsp3) is 0.0233. The predicted molar refractivity (Wildman–Crippen MR) is 184 cm³/mol. The van der Waals surface area contributed by atoms with E-state index < -0.39 is 0 Å². The van der Waals surface area contributed by atoms with Gasteiger partial charge in [0.25, 0.3) is 0 Å². The van der Waals surface area contributed by atoms with Crippen molar-refractivity contribution in [3.8, 4) is 55.6 Å². The summed E-state index contributed by atoms with van der Waals surface area (Å²) in [6.07, 6.45) is 0. The third kappa shape index (κ3) is 3.70. The summed E-state index contributed by atoms with van der Waals surface area (Å²) >= 11 is 0. The minimum absolute atomic E-state index is 1.23. The number of aryl methyl sites for hydroxylation is 1. The largest absolute Gasteiger partial charge is 0.0622 e. The Morgan fingerprint density at radius 3 is 1.53 bits per heavy atom. The molecule has 0 N–H and O–H groups in total. The summed E-state index contributed by atoms with van der Waals surface area (Å²) in [5, 5.41) is 7.93. The van der Waals surface area contributed by atoms with E-state index in [1.807, 2.05) is 0 Å². The Morgan fingerprint density at radius 2 is 0.837 bits per heavy atom. The van der Waals surface area contributed by atoms with E-state index in [1.165, 1.54) is 93.5 Å². The lowest BCUT2D eigenvalue weighted by atomic mass is 9.86. The first-order valence-electron chi connectivity index (χ1n) is 15.0. The molecule has 1 aliphatic carbocycles. The van der Waals surface area contributed by atoms with Crippen LogP contribution in [0, 0.1) is 6.92 Å². The van der Waals surface area contributed by atoms with Gasteiger partial charge in [0, 0.05) is 0 Å². The Kier molecular flexibility index (Phi) is 5.21. The van der Waals surface area contributed by atoms with Crippen molar-refractivity contribution in [1.82, 2.24) is 0 Å². The molecule has 0 radical (unpaired) electrons. The van der Waals surface area contributed by atoms with Crippen LogP contribution in [0.5, 0.6) is 0 Å². The molecule has 0 aromatic heterocycles. The quantitative estimate of drug-likeness (QED) is 0.194. The van der Waals surface area contributed by atoms with Crippen molar-refractivity contribution in [2.75, 3.05) is 0 Å². The van der Waals surface area contributed by atoms with Gasteiger partial charge in [0.15, 0.2) is 0 Å². The lowest BCUT2D eigenvalue weighted by Gasteiger charge is -2.17. The SMILES string of the molecule is Cc1ccc2c(c1)c(-c1cc(-c3ccccc3)cc(-c3ccccc3)c1)cc1c3cccc4c3c(cc21)-c1ccccc1-4. The van der Waals surface area contributed by atoms with E-state index in [9.17, 15) is 0 Å². The van der Waals surface area contributed by atoms with Gasteiger partial charge in [0.05, 0.1) is 0 Å². The first-order valence-corrected chi connectivity index (χ1v) is 15.0. The van der Waals surface area contributed by atoms with Crippen LogP contribution in [0.1, 0.15) is 5.56 Å². The maximum atomic E-state index is 2.46. The van der Waals surface area contributed by atoms with Gasteiger partial charge < -0.3 is 0 Å². The summed E-state index contributed by atoms with van der Waals surface area (Å²) in [4.78, 5) is 0. The van der Waals surface area contributed by atoms with Crippen LogP contribution in [0.2, 0.25) is 0 Å². The highest BCUT2D eigenvalue weighted by molar-refractivity contribution is 6.28. The third-order valence-corrected chi connectivity index (χ3v) is 9.21. The molecule has 43 heavy (non-hydrogen) atoms. The molecule has 0 saturated heterocycles. The Bertz CT molecular complexity index is 2320. The van der Waals surface area contributed by atoms with E-state index in [2.05, 4.69) is 159 Å². The second-order valence-electron chi connectivity index (χ2n) is 11.8. The number of fused-ring (bicyclic) bond motifs is 7. The van der Waals surface area contributed by atoms with Crippen LogP contribution >= 0.6 is 0 Å². The molecule has 0 fully saturated rings. The van der Waals surface area contributed by atoms with Crippen LogP contribution in [0.25, 0.3) is 88.0 Å². The molecule has 0 heteroatoms. The van der Waals surface area contributed by atoms with Crippen LogP contribution in [0.3, 0.4) is 0 Å². The van der Waals surface area contributed by atoms with E-state index in [0.717, 1.165) is 0 Å². The average molecular weight is 545 g/mol. The van der Waals surface area contributed by atoms with Crippen molar-refractivity contribution in [2.45, 2.75) is 6.92 Å². The molecule has 0 bridgehead atoms. The lowest BCUT2D eigenvalue weighted by molar-refractivity contribution is 1.51. The van der Waals surface area contributed by atoms with E-state index in [-0.39, 0.29) is 0 Å². The van der Waals surface area contributed by atoms with Gasteiger partial charge in [-0.25, -0.2) is 0 Å². The monoisotopic (exact) mass is 544 g/mol. The molecular formula is C43H28. The van der Waals surface area contributed by atoms with Gasteiger partial charge in [0.2, 0.25) is 0 Å². The van der Waals surface area contributed by atoms with Crippen molar-refractivity contribution in [1.29, 1.82) is 0 Å². The fourth-order valence-corrected chi connectivity index (χ4v) is 7.23. The third-order valence-electron chi connectivity index (χ3n) is 9.21. The van der Waals surface area contributed by atoms with Crippen LogP contribution in [0.4, 0.5) is 0 Å². The predicted octanol–water partition coefficient (Wildman–Crippen LogP) is 12.1. The second kappa shape index (κ2) is 9.28. The molecule has 0 saturated carbocycles. The highest BCUT2D eigenvalue weighted by Crippen LogP contribution is 2.51. The molecule has 0 heterocycles. The molecule has 0 nitrogen and oxygen atoms in total. The summed E-state index contributed by atoms with van der Waals surface area (Å²) in [5.74, 6) is 0. The summed E-state index contributed by atoms with van der Waals surface area (Å²) in [6, 6.07) is 56.1. The number of hydrogen-bond acceptors (Lipinski definition) is 0. The molecule has 0 aliphatic heterocycles. The van der Waals surface area contributed by atoms with Gasteiger partial charge >= 0.3 is 0 Å². The summed E-state index contributed by atoms with van der Waals surface area (Å²) in [5.41, 5.74) is 14.1. The molecule has 0 spiro atoms. The average Bonchev–Trinajstić information content (AvgIpc) is 3.39. The number of benzene rings is 8. The maximum Gasteiger partial charge on any atom is -0.00199 e. The Hall–Kier alpha value is -5.46. The number of rotatable bonds is 3. The molecule has 8 aromatic carbocycles. The Balaban J connectivity index is 1.40. The van der Waals surface area contributed by atoms with E-state index in [0.29, 0.717) is 0 Å². The second-order valence-corrected chi connectivity index (χ2v) is 11.8. The number of hydrogen-bond donors (Lipinski definition) is 0.